The highest BCUT2D eigenvalue weighted by molar-refractivity contribution is 7.13. The molecule has 1 N–H and O–H groups in total. The Balaban J connectivity index is 1.81. The summed E-state index contributed by atoms with van der Waals surface area (Å²) >= 11 is 1.57. The van der Waals surface area contributed by atoms with Crippen LogP contribution in [-0.2, 0) is 13.0 Å². The van der Waals surface area contributed by atoms with Gasteiger partial charge in [0, 0.05) is 37.0 Å². The molecule has 2 amide bonds. The number of carbonyl (C=O) groups is 1. The summed E-state index contributed by atoms with van der Waals surface area (Å²) in [4.78, 5) is 29.9. The molecule has 0 atom stereocenters. The summed E-state index contributed by atoms with van der Waals surface area (Å²) in [6.45, 7) is 10.9. The number of nitrogens with zero attached hydrogens (tertiary/aromatic N) is 5. The molecule has 0 saturated carbocycles. The van der Waals surface area contributed by atoms with Gasteiger partial charge in [-0.25, -0.2) is 19.7 Å². The van der Waals surface area contributed by atoms with Crippen LogP contribution in [0.15, 0.2) is 11.7 Å². The van der Waals surface area contributed by atoms with Gasteiger partial charge in [0.1, 0.15) is 12.1 Å². The minimum atomic E-state index is 0.0757. The first-order chi connectivity index (χ1) is 12.5. The maximum Gasteiger partial charge on any atom is 0.320 e. The molecule has 3 rings (SSSR count). The molecule has 7 nitrogen and oxygen atoms in total. The monoisotopic (exact) mass is 374 g/mol. The molecule has 8 heteroatoms. The van der Waals surface area contributed by atoms with E-state index in [1.54, 1.807) is 17.7 Å². The molecule has 1 aliphatic rings. The zero-order valence-electron chi connectivity index (χ0n) is 15.8. The van der Waals surface area contributed by atoms with E-state index in [2.05, 4.69) is 39.5 Å². The van der Waals surface area contributed by atoms with E-state index in [0.29, 0.717) is 32.1 Å². The Morgan fingerprint density at radius 3 is 2.77 bits per heavy atom. The summed E-state index contributed by atoms with van der Waals surface area (Å²) in [5.74, 6) is 1.14. The first-order valence-corrected chi connectivity index (χ1v) is 10.00. The van der Waals surface area contributed by atoms with Gasteiger partial charge in [-0.3, -0.25) is 0 Å². The van der Waals surface area contributed by atoms with E-state index in [1.165, 1.54) is 0 Å². The highest BCUT2D eigenvalue weighted by Crippen LogP contribution is 2.28. The SMILES string of the molecule is CCN(CC)C(=O)N1CCc2ncnc(Nc3nc(C(C)C)cs3)c2C1. The molecule has 26 heavy (non-hydrogen) atoms. The van der Waals surface area contributed by atoms with Gasteiger partial charge < -0.3 is 15.1 Å². The summed E-state index contributed by atoms with van der Waals surface area (Å²) in [6.07, 6.45) is 2.33. The molecule has 1 aliphatic heterocycles. The summed E-state index contributed by atoms with van der Waals surface area (Å²) in [5, 5.41) is 6.22. The topological polar surface area (TPSA) is 74.2 Å². The van der Waals surface area contributed by atoms with Crippen molar-refractivity contribution < 1.29 is 4.79 Å². The molecule has 0 saturated heterocycles. The van der Waals surface area contributed by atoms with Crippen molar-refractivity contribution in [3.05, 3.63) is 28.7 Å². The molecule has 2 aromatic heterocycles. The van der Waals surface area contributed by atoms with Crippen molar-refractivity contribution in [3.8, 4) is 0 Å². The number of hydrogen-bond donors (Lipinski definition) is 1. The fraction of sp³-hybridized carbons (Fsp3) is 0.556. The van der Waals surface area contributed by atoms with Crippen LogP contribution >= 0.6 is 11.3 Å². The maximum atomic E-state index is 12.7. The number of thiazole rings is 1. The van der Waals surface area contributed by atoms with E-state index in [9.17, 15) is 4.79 Å². The third-order valence-corrected chi connectivity index (χ3v) is 5.42. The van der Waals surface area contributed by atoms with Crippen LogP contribution in [0.5, 0.6) is 0 Å². The Morgan fingerprint density at radius 1 is 1.35 bits per heavy atom. The van der Waals surface area contributed by atoms with E-state index in [1.807, 2.05) is 23.6 Å². The lowest BCUT2D eigenvalue weighted by Crippen LogP contribution is -2.45. The summed E-state index contributed by atoms with van der Waals surface area (Å²) in [7, 11) is 0. The first kappa shape index (κ1) is 18.6. The molecule has 0 aromatic carbocycles. The Bertz CT molecular complexity index is 771. The molecule has 140 valence electrons. The van der Waals surface area contributed by atoms with Crippen LogP contribution in [0.4, 0.5) is 15.7 Å². The average molecular weight is 375 g/mol. The van der Waals surface area contributed by atoms with Crippen molar-refractivity contribution in [1.82, 2.24) is 24.8 Å². The molecule has 0 fully saturated rings. The quantitative estimate of drug-likeness (QED) is 0.865. The molecule has 0 spiro atoms. The Hall–Kier alpha value is -2.22. The van der Waals surface area contributed by atoms with Gasteiger partial charge in [-0.05, 0) is 19.8 Å². The minimum Gasteiger partial charge on any atom is -0.325 e. The fourth-order valence-corrected chi connectivity index (χ4v) is 3.89. The zero-order chi connectivity index (χ0) is 18.7. The van der Waals surface area contributed by atoms with Gasteiger partial charge in [-0.15, -0.1) is 11.3 Å². The van der Waals surface area contributed by atoms with Crippen molar-refractivity contribution in [1.29, 1.82) is 0 Å². The Kier molecular flexibility index (Phi) is 5.70. The van der Waals surface area contributed by atoms with Gasteiger partial charge in [0.25, 0.3) is 0 Å². The van der Waals surface area contributed by atoms with E-state index in [4.69, 9.17) is 0 Å². The van der Waals surface area contributed by atoms with Crippen LogP contribution in [0.1, 0.15) is 50.6 Å². The molecular formula is C18H26N6OS. The van der Waals surface area contributed by atoms with Gasteiger partial charge in [0.05, 0.1) is 17.9 Å². The second-order valence-corrected chi connectivity index (χ2v) is 7.49. The van der Waals surface area contributed by atoms with E-state index >= 15 is 0 Å². The fourth-order valence-electron chi connectivity index (χ4n) is 3.02. The number of amides is 2. The lowest BCUT2D eigenvalue weighted by atomic mass is 10.1. The van der Waals surface area contributed by atoms with Crippen molar-refractivity contribution in [3.63, 3.8) is 0 Å². The Labute approximate surface area is 158 Å². The number of aromatic nitrogens is 3. The largest absolute Gasteiger partial charge is 0.325 e. The molecule has 0 bridgehead atoms. The van der Waals surface area contributed by atoms with Crippen LogP contribution in [-0.4, -0.2) is 50.4 Å². The second-order valence-electron chi connectivity index (χ2n) is 6.63. The third kappa shape index (κ3) is 3.80. The third-order valence-electron chi connectivity index (χ3n) is 4.65. The number of anilines is 2. The standard InChI is InChI=1S/C18H26N6OS/c1-5-23(6-2)18(25)24-8-7-14-13(9-24)16(20-11-19-14)22-17-21-15(10-26-17)12(3)4/h10-12H,5-9H2,1-4H3,(H,19,20,21,22). The number of fused-ring (bicyclic) bond motifs is 1. The van der Waals surface area contributed by atoms with E-state index in [0.717, 1.165) is 34.3 Å². The van der Waals surface area contributed by atoms with Crippen molar-refractivity contribution in [2.45, 2.75) is 46.6 Å². The molecule has 0 radical (unpaired) electrons. The number of carbonyl (C=O) groups excluding carboxylic acids is 1. The van der Waals surface area contributed by atoms with Gasteiger partial charge in [-0.2, -0.15) is 0 Å². The van der Waals surface area contributed by atoms with Gasteiger partial charge in [0.15, 0.2) is 5.13 Å². The highest BCUT2D eigenvalue weighted by atomic mass is 32.1. The lowest BCUT2D eigenvalue weighted by molar-refractivity contribution is 0.152. The molecule has 0 unspecified atom stereocenters. The molecule has 2 aromatic rings. The number of urea groups is 1. The summed E-state index contributed by atoms with van der Waals surface area (Å²) in [5.41, 5.74) is 3.06. The smallest absolute Gasteiger partial charge is 0.320 e. The van der Waals surface area contributed by atoms with Crippen LogP contribution < -0.4 is 5.32 Å². The molecule has 0 aliphatic carbocycles. The van der Waals surface area contributed by atoms with Crippen LogP contribution in [0.25, 0.3) is 0 Å². The van der Waals surface area contributed by atoms with Crippen LogP contribution in [0, 0.1) is 0 Å². The number of nitrogens with one attached hydrogen (secondary N) is 1. The van der Waals surface area contributed by atoms with Crippen LogP contribution in [0.2, 0.25) is 0 Å². The molecule has 3 heterocycles. The normalized spacial score (nSPS) is 13.7. The second kappa shape index (κ2) is 7.99. The summed E-state index contributed by atoms with van der Waals surface area (Å²) in [6, 6.07) is 0.0757. The zero-order valence-corrected chi connectivity index (χ0v) is 16.6. The van der Waals surface area contributed by atoms with Crippen molar-refractivity contribution >= 4 is 28.3 Å². The predicted octanol–water partition coefficient (Wildman–Crippen LogP) is 3.62. The van der Waals surface area contributed by atoms with Gasteiger partial charge in [0.2, 0.25) is 0 Å². The van der Waals surface area contributed by atoms with E-state index < -0.39 is 0 Å². The minimum absolute atomic E-state index is 0.0757. The highest BCUT2D eigenvalue weighted by Gasteiger charge is 2.27. The number of rotatable bonds is 5. The maximum absolute atomic E-state index is 12.7. The molecular weight excluding hydrogens is 348 g/mol. The Morgan fingerprint density at radius 2 is 2.12 bits per heavy atom. The van der Waals surface area contributed by atoms with Crippen molar-refractivity contribution in [2.75, 3.05) is 25.0 Å². The van der Waals surface area contributed by atoms with E-state index in [-0.39, 0.29) is 6.03 Å². The lowest BCUT2D eigenvalue weighted by Gasteiger charge is -2.33. The van der Waals surface area contributed by atoms with Gasteiger partial charge >= 0.3 is 6.03 Å². The first-order valence-electron chi connectivity index (χ1n) is 9.12. The van der Waals surface area contributed by atoms with Gasteiger partial charge in [-0.1, -0.05) is 13.8 Å². The average Bonchev–Trinajstić information content (AvgIpc) is 3.11. The van der Waals surface area contributed by atoms with Crippen molar-refractivity contribution in [2.24, 2.45) is 0 Å². The predicted molar refractivity (Wildman–Crippen MR) is 104 cm³/mol. The van der Waals surface area contributed by atoms with Crippen LogP contribution in [0.3, 0.4) is 0 Å². The number of hydrogen-bond acceptors (Lipinski definition) is 6. The summed E-state index contributed by atoms with van der Waals surface area (Å²) < 4.78 is 0.